The third-order valence-corrected chi connectivity index (χ3v) is 3.67. The van der Waals surface area contributed by atoms with Crippen LogP contribution in [0.1, 0.15) is 0 Å². The molecular formula is C13H27N3O3. The largest absolute Gasteiger partial charge is 0.390 e. The fourth-order valence-electron chi connectivity index (χ4n) is 2.55. The number of hydrogen-bond donors (Lipinski definition) is 2. The number of morpholine rings is 2. The number of aliphatic hydroxyl groups is 1. The Hall–Kier alpha value is -0.240. The number of likely N-dealkylation sites (N-methyl/N-ethyl adjacent to an activating group) is 1. The number of rotatable bonds is 6. The van der Waals surface area contributed by atoms with Crippen LogP contribution in [0, 0.1) is 0 Å². The molecule has 2 aliphatic heterocycles. The number of ether oxygens (including phenoxy) is 2. The molecule has 2 aliphatic rings. The van der Waals surface area contributed by atoms with Crippen LogP contribution in [0.25, 0.3) is 0 Å². The summed E-state index contributed by atoms with van der Waals surface area (Å²) in [6, 6.07) is 0. The summed E-state index contributed by atoms with van der Waals surface area (Å²) >= 11 is 0. The van der Waals surface area contributed by atoms with Gasteiger partial charge in [-0.2, -0.15) is 0 Å². The molecule has 0 aromatic carbocycles. The molecule has 0 aromatic heterocycles. The summed E-state index contributed by atoms with van der Waals surface area (Å²) in [6.07, 6.45) is -0.0752. The second-order valence-corrected chi connectivity index (χ2v) is 5.48. The lowest BCUT2D eigenvalue weighted by molar-refractivity contribution is -0.0203. The van der Waals surface area contributed by atoms with E-state index in [1.807, 2.05) is 0 Å². The second-order valence-electron chi connectivity index (χ2n) is 5.48. The number of aliphatic hydroxyl groups excluding tert-OH is 1. The Bertz CT molecular complexity index is 249. The van der Waals surface area contributed by atoms with Crippen molar-refractivity contribution >= 4 is 0 Å². The maximum absolute atomic E-state index is 9.99. The normalized spacial score (nSPS) is 28.4. The minimum absolute atomic E-state index is 0.245. The van der Waals surface area contributed by atoms with Crippen molar-refractivity contribution in [3.8, 4) is 0 Å². The first kappa shape index (κ1) is 15.2. The lowest BCUT2D eigenvalue weighted by Gasteiger charge is -2.31. The van der Waals surface area contributed by atoms with Gasteiger partial charge < -0.3 is 24.8 Å². The first-order chi connectivity index (χ1) is 9.24. The molecule has 2 rings (SSSR count). The van der Waals surface area contributed by atoms with Crippen LogP contribution < -0.4 is 5.32 Å². The van der Waals surface area contributed by atoms with Gasteiger partial charge in [0.1, 0.15) is 0 Å². The van der Waals surface area contributed by atoms with E-state index in [1.54, 1.807) is 0 Å². The van der Waals surface area contributed by atoms with Crippen LogP contribution in [0.2, 0.25) is 0 Å². The van der Waals surface area contributed by atoms with Crippen LogP contribution in [0.4, 0.5) is 0 Å². The molecule has 0 saturated carbocycles. The van der Waals surface area contributed by atoms with Gasteiger partial charge in [-0.15, -0.1) is 0 Å². The summed E-state index contributed by atoms with van der Waals surface area (Å²) in [5, 5.41) is 13.3. The van der Waals surface area contributed by atoms with Crippen molar-refractivity contribution < 1.29 is 14.6 Å². The number of β-amino-alcohol motifs (C(OH)–C–C–N with tert-alkyl or cyclic N) is 1. The summed E-state index contributed by atoms with van der Waals surface area (Å²) < 4.78 is 11.0. The molecule has 2 N–H and O–H groups in total. The summed E-state index contributed by atoms with van der Waals surface area (Å²) in [7, 11) is 2.11. The third-order valence-electron chi connectivity index (χ3n) is 3.67. The van der Waals surface area contributed by atoms with Crippen LogP contribution in [0.3, 0.4) is 0 Å². The van der Waals surface area contributed by atoms with Gasteiger partial charge in [-0.05, 0) is 7.05 Å². The number of nitrogens with zero attached hydrogens (tertiary/aromatic N) is 2. The van der Waals surface area contributed by atoms with Gasteiger partial charge in [0.05, 0.1) is 32.0 Å². The Labute approximate surface area is 115 Å². The first-order valence-electron chi connectivity index (χ1n) is 7.23. The maximum Gasteiger partial charge on any atom is 0.0826 e. The van der Waals surface area contributed by atoms with Crippen molar-refractivity contribution in [3.05, 3.63) is 0 Å². The standard InChI is InChI=1S/C13H27N3O3/c1-15-2-7-19-13(11-15)9-14-8-12(17)10-16-3-5-18-6-4-16/h12-14,17H,2-11H2,1H3. The zero-order valence-corrected chi connectivity index (χ0v) is 11.9. The van der Waals surface area contributed by atoms with Gasteiger partial charge in [0.25, 0.3) is 0 Å². The molecule has 0 radical (unpaired) electrons. The van der Waals surface area contributed by atoms with Crippen LogP contribution >= 0.6 is 0 Å². The molecule has 0 spiro atoms. The molecule has 2 saturated heterocycles. The number of hydrogen-bond acceptors (Lipinski definition) is 6. The van der Waals surface area contributed by atoms with Gasteiger partial charge in [0, 0.05) is 45.8 Å². The molecule has 0 bridgehead atoms. The smallest absolute Gasteiger partial charge is 0.0826 e. The van der Waals surface area contributed by atoms with E-state index in [9.17, 15) is 5.11 Å². The molecule has 0 aliphatic carbocycles. The Kier molecular flexibility index (Phi) is 6.49. The maximum atomic E-state index is 9.99. The lowest BCUT2D eigenvalue weighted by Crippen LogP contribution is -2.47. The van der Waals surface area contributed by atoms with E-state index in [1.165, 1.54) is 0 Å². The molecule has 19 heavy (non-hydrogen) atoms. The highest BCUT2D eigenvalue weighted by atomic mass is 16.5. The van der Waals surface area contributed by atoms with Crippen molar-refractivity contribution in [2.75, 3.05) is 72.7 Å². The predicted octanol–water partition coefficient (Wildman–Crippen LogP) is -1.40. The highest BCUT2D eigenvalue weighted by Gasteiger charge is 2.18. The molecule has 0 aromatic rings. The Morgan fingerprint density at radius 3 is 2.79 bits per heavy atom. The molecule has 6 heteroatoms. The molecule has 6 nitrogen and oxygen atoms in total. The average molecular weight is 273 g/mol. The average Bonchev–Trinajstić information content (AvgIpc) is 2.40. The molecule has 2 unspecified atom stereocenters. The highest BCUT2D eigenvalue weighted by molar-refractivity contribution is 4.73. The van der Waals surface area contributed by atoms with Gasteiger partial charge in [0.2, 0.25) is 0 Å². The molecule has 112 valence electrons. The predicted molar refractivity (Wildman–Crippen MR) is 73.4 cm³/mol. The molecular weight excluding hydrogens is 246 g/mol. The van der Waals surface area contributed by atoms with Crippen molar-refractivity contribution in [2.24, 2.45) is 0 Å². The Balaban J connectivity index is 1.54. The van der Waals surface area contributed by atoms with Crippen molar-refractivity contribution in [3.63, 3.8) is 0 Å². The monoisotopic (exact) mass is 273 g/mol. The zero-order chi connectivity index (χ0) is 13.5. The minimum atomic E-state index is -0.320. The summed E-state index contributed by atoms with van der Waals surface area (Å²) in [4.78, 5) is 4.53. The number of nitrogens with one attached hydrogen (secondary N) is 1. The fourth-order valence-corrected chi connectivity index (χ4v) is 2.55. The minimum Gasteiger partial charge on any atom is -0.390 e. The van der Waals surface area contributed by atoms with Crippen molar-refractivity contribution in [2.45, 2.75) is 12.2 Å². The third kappa shape index (κ3) is 5.72. The Morgan fingerprint density at radius 2 is 2.05 bits per heavy atom. The van der Waals surface area contributed by atoms with Crippen molar-refractivity contribution in [1.29, 1.82) is 0 Å². The van der Waals surface area contributed by atoms with E-state index in [4.69, 9.17) is 9.47 Å². The van der Waals surface area contributed by atoms with E-state index >= 15 is 0 Å². The van der Waals surface area contributed by atoms with Crippen LogP contribution in [-0.2, 0) is 9.47 Å². The van der Waals surface area contributed by atoms with Gasteiger partial charge in [-0.3, -0.25) is 4.90 Å². The summed E-state index contributed by atoms with van der Waals surface area (Å²) in [6.45, 7) is 8.35. The SMILES string of the molecule is CN1CCOC(CNCC(O)CN2CCOCC2)C1. The van der Waals surface area contributed by atoms with E-state index in [0.717, 1.165) is 59.1 Å². The van der Waals surface area contributed by atoms with Gasteiger partial charge in [-0.1, -0.05) is 0 Å². The molecule has 0 amide bonds. The van der Waals surface area contributed by atoms with Crippen LogP contribution in [-0.4, -0.2) is 99.8 Å². The van der Waals surface area contributed by atoms with Crippen LogP contribution in [0.15, 0.2) is 0 Å². The Morgan fingerprint density at radius 1 is 1.26 bits per heavy atom. The van der Waals surface area contributed by atoms with E-state index in [2.05, 4.69) is 22.2 Å². The molecule has 2 heterocycles. The summed E-state index contributed by atoms with van der Waals surface area (Å²) in [5.74, 6) is 0. The van der Waals surface area contributed by atoms with Gasteiger partial charge in [-0.25, -0.2) is 0 Å². The van der Waals surface area contributed by atoms with Gasteiger partial charge >= 0.3 is 0 Å². The first-order valence-corrected chi connectivity index (χ1v) is 7.23. The van der Waals surface area contributed by atoms with E-state index in [-0.39, 0.29) is 12.2 Å². The van der Waals surface area contributed by atoms with Crippen molar-refractivity contribution in [1.82, 2.24) is 15.1 Å². The van der Waals surface area contributed by atoms with Crippen LogP contribution in [0.5, 0.6) is 0 Å². The zero-order valence-electron chi connectivity index (χ0n) is 11.9. The van der Waals surface area contributed by atoms with Gasteiger partial charge in [0.15, 0.2) is 0 Å². The second kappa shape index (κ2) is 8.14. The van der Waals surface area contributed by atoms with E-state index in [0.29, 0.717) is 6.54 Å². The van der Waals surface area contributed by atoms with E-state index < -0.39 is 0 Å². The highest BCUT2D eigenvalue weighted by Crippen LogP contribution is 2.02. The fraction of sp³-hybridized carbons (Fsp3) is 1.00. The topological polar surface area (TPSA) is 57.2 Å². The molecule has 2 fully saturated rings. The summed E-state index contributed by atoms with van der Waals surface area (Å²) in [5.41, 5.74) is 0. The quantitative estimate of drug-likeness (QED) is 0.621. The molecule has 2 atom stereocenters. The lowest BCUT2D eigenvalue weighted by atomic mass is 10.2.